The van der Waals surface area contributed by atoms with Gasteiger partial charge in [-0.15, -0.1) is 0 Å². The molecule has 0 saturated carbocycles. The SMILES string of the molecule is CNC(C)c1ccc(OCc2cc(Cl)ccc2Cl)cc1F. The first-order valence-electron chi connectivity index (χ1n) is 6.54. The summed E-state index contributed by atoms with van der Waals surface area (Å²) in [7, 11) is 1.79. The Balaban J connectivity index is 2.10. The molecule has 2 rings (SSSR count). The van der Waals surface area contributed by atoms with E-state index in [2.05, 4.69) is 5.32 Å². The van der Waals surface area contributed by atoms with Gasteiger partial charge >= 0.3 is 0 Å². The van der Waals surface area contributed by atoms with E-state index < -0.39 is 0 Å². The molecule has 0 aliphatic heterocycles. The summed E-state index contributed by atoms with van der Waals surface area (Å²) in [6.45, 7) is 2.13. The van der Waals surface area contributed by atoms with E-state index in [1.54, 1.807) is 37.4 Å². The fourth-order valence-electron chi connectivity index (χ4n) is 1.92. The van der Waals surface area contributed by atoms with E-state index in [0.717, 1.165) is 5.56 Å². The van der Waals surface area contributed by atoms with Crippen molar-refractivity contribution in [3.63, 3.8) is 0 Å². The van der Waals surface area contributed by atoms with Crippen molar-refractivity contribution in [1.29, 1.82) is 0 Å². The van der Waals surface area contributed by atoms with E-state index >= 15 is 0 Å². The fourth-order valence-corrected chi connectivity index (χ4v) is 2.29. The van der Waals surface area contributed by atoms with E-state index in [-0.39, 0.29) is 18.5 Å². The average Bonchev–Trinajstić information content (AvgIpc) is 2.47. The summed E-state index contributed by atoms with van der Waals surface area (Å²) < 4.78 is 19.6. The maximum atomic E-state index is 14.0. The van der Waals surface area contributed by atoms with Crippen LogP contribution in [0.25, 0.3) is 0 Å². The Morgan fingerprint density at radius 1 is 1.19 bits per heavy atom. The van der Waals surface area contributed by atoms with Gasteiger partial charge in [-0.25, -0.2) is 4.39 Å². The Bertz CT molecular complexity index is 634. The third-order valence-corrected chi connectivity index (χ3v) is 3.88. The lowest BCUT2D eigenvalue weighted by Gasteiger charge is -2.13. The molecule has 2 aromatic rings. The fraction of sp³-hybridized carbons (Fsp3) is 0.250. The maximum absolute atomic E-state index is 14.0. The molecule has 0 fully saturated rings. The van der Waals surface area contributed by atoms with Gasteiger partial charge in [0.15, 0.2) is 0 Å². The highest BCUT2D eigenvalue weighted by Crippen LogP contribution is 2.25. The molecule has 2 nitrogen and oxygen atoms in total. The second kappa shape index (κ2) is 7.12. The van der Waals surface area contributed by atoms with Gasteiger partial charge in [-0.2, -0.15) is 0 Å². The molecule has 1 unspecified atom stereocenters. The van der Waals surface area contributed by atoms with Crippen molar-refractivity contribution in [2.45, 2.75) is 19.6 Å². The van der Waals surface area contributed by atoms with E-state index in [1.807, 2.05) is 6.92 Å². The molecule has 1 N–H and O–H groups in total. The van der Waals surface area contributed by atoms with Crippen LogP contribution in [0, 0.1) is 5.82 Å². The van der Waals surface area contributed by atoms with Crippen LogP contribution in [0.3, 0.4) is 0 Å². The van der Waals surface area contributed by atoms with Gasteiger partial charge in [-0.3, -0.25) is 0 Å². The number of benzene rings is 2. The topological polar surface area (TPSA) is 21.3 Å². The summed E-state index contributed by atoms with van der Waals surface area (Å²) in [5.41, 5.74) is 1.36. The van der Waals surface area contributed by atoms with Gasteiger partial charge in [0.1, 0.15) is 18.2 Å². The lowest BCUT2D eigenvalue weighted by atomic mass is 10.1. The number of nitrogens with one attached hydrogen (secondary N) is 1. The number of ether oxygens (including phenoxy) is 1. The molecule has 0 radical (unpaired) electrons. The lowest BCUT2D eigenvalue weighted by Crippen LogP contribution is -2.13. The molecule has 21 heavy (non-hydrogen) atoms. The van der Waals surface area contributed by atoms with Crippen LogP contribution in [0.2, 0.25) is 10.0 Å². The predicted octanol–water partition coefficient (Wildman–Crippen LogP) is 4.99. The Morgan fingerprint density at radius 3 is 2.62 bits per heavy atom. The van der Waals surface area contributed by atoms with Gasteiger partial charge in [-0.1, -0.05) is 29.3 Å². The van der Waals surface area contributed by atoms with Gasteiger partial charge in [0.05, 0.1) is 0 Å². The summed E-state index contributed by atoms with van der Waals surface area (Å²) >= 11 is 12.0. The molecule has 0 amide bonds. The van der Waals surface area contributed by atoms with Crippen molar-refractivity contribution in [1.82, 2.24) is 5.32 Å². The Hall–Kier alpha value is -1.29. The monoisotopic (exact) mass is 327 g/mol. The van der Waals surface area contributed by atoms with Crippen LogP contribution in [0.15, 0.2) is 36.4 Å². The number of hydrogen-bond acceptors (Lipinski definition) is 2. The van der Waals surface area contributed by atoms with E-state index in [0.29, 0.717) is 21.4 Å². The van der Waals surface area contributed by atoms with Crippen LogP contribution in [-0.4, -0.2) is 7.05 Å². The third-order valence-electron chi connectivity index (χ3n) is 3.27. The highest BCUT2D eigenvalue weighted by Gasteiger charge is 2.10. The summed E-state index contributed by atoms with van der Waals surface area (Å²) in [6, 6.07) is 9.93. The minimum Gasteiger partial charge on any atom is -0.489 e. The molecule has 2 aromatic carbocycles. The summed E-state index contributed by atoms with van der Waals surface area (Å²) in [5.74, 6) is 0.155. The maximum Gasteiger partial charge on any atom is 0.131 e. The molecule has 0 aliphatic rings. The first kappa shape index (κ1) is 16.1. The van der Waals surface area contributed by atoms with Crippen molar-refractivity contribution in [2.75, 3.05) is 7.05 Å². The largest absolute Gasteiger partial charge is 0.489 e. The molecule has 5 heteroatoms. The number of hydrogen-bond donors (Lipinski definition) is 1. The second-order valence-corrected chi connectivity index (χ2v) is 5.56. The zero-order chi connectivity index (χ0) is 15.4. The van der Waals surface area contributed by atoms with Crippen LogP contribution in [0.4, 0.5) is 4.39 Å². The third kappa shape index (κ3) is 4.10. The number of rotatable bonds is 5. The molecule has 0 bridgehead atoms. The molecule has 0 aromatic heterocycles. The van der Waals surface area contributed by atoms with E-state index in [4.69, 9.17) is 27.9 Å². The van der Waals surface area contributed by atoms with E-state index in [9.17, 15) is 4.39 Å². The van der Waals surface area contributed by atoms with E-state index in [1.165, 1.54) is 6.07 Å². The first-order chi connectivity index (χ1) is 10.0. The Kier molecular flexibility index (Phi) is 5.45. The molecule has 1 atom stereocenters. The predicted molar refractivity (Wildman–Crippen MR) is 84.7 cm³/mol. The standard InChI is InChI=1S/C16H16Cl2FNO/c1-10(20-2)14-5-4-13(8-16(14)19)21-9-11-7-12(17)3-6-15(11)18/h3-8,10,20H,9H2,1-2H3. The Morgan fingerprint density at radius 2 is 1.95 bits per heavy atom. The quantitative estimate of drug-likeness (QED) is 0.835. The Labute approximate surface area is 133 Å². The van der Waals surface area contributed by atoms with Gasteiger partial charge in [0.2, 0.25) is 0 Å². The van der Waals surface area contributed by atoms with Crippen LogP contribution in [0.5, 0.6) is 5.75 Å². The first-order valence-corrected chi connectivity index (χ1v) is 7.30. The summed E-state index contributed by atoms with van der Waals surface area (Å²) in [5, 5.41) is 4.16. The number of halogens is 3. The van der Waals surface area contributed by atoms with Gasteiger partial charge in [-0.05, 0) is 38.2 Å². The normalized spacial score (nSPS) is 12.2. The van der Waals surface area contributed by atoms with Gasteiger partial charge in [0, 0.05) is 33.3 Å². The highest BCUT2D eigenvalue weighted by molar-refractivity contribution is 6.33. The molecule has 0 saturated heterocycles. The highest BCUT2D eigenvalue weighted by atomic mass is 35.5. The van der Waals surface area contributed by atoms with Crippen molar-refractivity contribution in [3.8, 4) is 5.75 Å². The van der Waals surface area contributed by atoms with Crippen LogP contribution >= 0.6 is 23.2 Å². The van der Waals surface area contributed by atoms with Crippen molar-refractivity contribution < 1.29 is 9.13 Å². The lowest BCUT2D eigenvalue weighted by molar-refractivity contribution is 0.304. The molecular weight excluding hydrogens is 312 g/mol. The molecule has 0 spiro atoms. The van der Waals surface area contributed by atoms with Crippen molar-refractivity contribution in [3.05, 3.63) is 63.4 Å². The van der Waals surface area contributed by atoms with Gasteiger partial charge < -0.3 is 10.1 Å². The van der Waals surface area contributed by atoms with Crippen LogP contribution in [-0.2, 0) is 6.61 Å². The second-order valence-electron chi connectivity index (χ2n) is 4.72. The minimum atomic E-state index is -0.299. The molecule has 0 aliphatic carbocycles. The summed E-state index contributed by atoms with van der Waals surface area (Å²) in [4.78, 5) is 0. The van der Waals surface area contributed by atoms with Crippen LogP contribution < -0.4 is 10.1 Å². The average molecular weight is 328 g/mol. The minimum absolute atomic E-state index is 0.0542. The summed E-state index contributed by atoms with van der Waals surface area (Å²) in [6.07, 6.45) is 0. The zero-order valence-corrected chi connectivity index (χ0v) is 13.3. The van der Waals surface area contributed by atoms with Crippen molar-refractivity contribution in [2.24, 2.45) is 0 Å². The molecule has 112 valence electrons. The zero-order valence-electron chi connectivity index (χ0n) is 11.8. The van der Waals surface area contributed by atoms with Crippen molar-refractivity contribution >= 4 is 23.2 Å². The molecular formula is C16H16Cl2FNO. The smallest absolute Gasteiger partial charge is 0.131 e. The van der Waals surface area contributed by atoms with Crippen LogP contribution in [0.1, 0.15) is 24.1 Å². The van der Waals surface area contributed by atoms with Gasteiger partial charge in [0.25, 0.3) is 0 Å². The molecule has 0 heterocycles.